The van der Waals surface area contributed by atoms with Crippen molar-refractivity contribution in [3.8, 4) is 10.6 Å². The average Bonchev–Trinajstić information content (AvgIpc) is 3.12. The zero-order valence-electron chi connectivity index (χ0n) is 12.3. The Labute approximate surface area is 132 Å². The van der Waals surface area contributed by atoms with Gasteiger partial charge in [0.15, 0.2) is 5.69 Å². The van der Waals surface area contributed by atoms with Crippen molar-refractivity contribution in [3.63, 3.8) is 0 Å². The van der Waals surface area contributed by atoms with E-state index in [0.29, 0.717) is 17.3 Å². The van der Waals surface area contributed by atoms with Crippen LogP contribution in [0.15, 0.2) is 23.6 Å². The van der Waals surface area contributed by atoms with Crippen LogP contribution in [0.4, 0.5) is 0 Å². The van der Waals surface area contributed by atoms with Gasteiger partial charge in [-0.15, -0.1) is 11.3 Å². The molecule has 1 aliphatic carbocycles. The van der Waals surface area contributed by atoms with Crippen LogP contribution in [0.3, 0.4) is 0 Å². The molecule has 0 radical (unpaired) electrons. The van der Waals surface area contributed by atoms with Crippen molar-refractivity contribution in [3.05, 3.63) is 29.3 Å². The Balaban J connectivity index is 1.41. The molecule has 1 N–H and O–H groups in total. The molecule has 1 saturated carbocycles. The number of thiophene rings is 1. The number of amides is 1. The fraction of sp³-hybridized carbons (Fsp3) is 0.500. The van der Waals surface area contributed by atoms with Gasteiger partial charge in [-0.25, -0.2) is 0 Å². The second kappa shape index (κ2) is 4.43. The molecule has 4 heterocycles. The lowest BCUT2D eigenvalue weighted by Gasteiger charge is -2.68. The van der Waals surface area contributed by atoms with E-state index in [1.54, 1.807) is 11.3 Å². The van der Waals surface area contributed by atoms with Crippen LogP contribution in [0.5, 0.6) is 0 Å². The highest BCUT2D eigenvalue weighted by molar-refractivity contribution is 7.13. The van der Waals surface area contributed by atoms with E-state index >= 15 is 0 Å². The van der Waals surface area contributed by atoms with E-state index in [0.717, 1.165) is 30.1 Å². The Morgan fingerprint density at radius 2 is 2.32 bits per heavy atom. The zero-order chi connectivity index (χ0) is 14.7. The molecule has 114 valence electrons. The van der Waals surface area contributed by atoms with Crippen molar-refractivity contribution in [2.75, 3.05) is 19.6 Å². The molecule has 0 bridgehead atoms. The summed E-state index contributed by atoms with van der Waals surface area (Å²) in [6.45, 7) is 3.07. The number of hydrogen-bond donors (Lipinski definition) is 1. The van der Waals surface area contributed by atoms with E-state index in [9.17, 15) is 4.79 Å². The maximum absolute atomic E-state index is 12.9. The van der Waals surface area contributed by atoms with Crippen LogP contribution in [-0.4, -0.2) is 57.1 Å². The van der Waals surface area contributed by atoms with Crippen LogP contribution in [0.2, 0.25) is 0 Å². The minimum atomic E-state index is 0.0923. The van der Waals surface area contributed by atoms with E-state index in [1.807, 2.05) is 23.6 Å². The standard InChI is InChI=1S/C16H18N4OS/c21-15(12-10-11(17-18-12)13-2-1-9-22-13)20-8-7-19-6-5-16(19)4-3-14(16)20/h1-2,9-10,14H,3-8H2,(H,17,18). The predicted octanol–water partition coefficient (Wildman–Crippen LogP) is 2.20. The number of rotatable bonds is 2. The molecule has 2 aromatic rings. The number of piperazine rings is 1. The number of nitrogens with one attached hydrogen (secondary N) is 1. The third-order valence-electron chi connectivity index (χ3n) is 5.75. The highest BCUT2D eigenvalue weighted by Gasteiger charge is 2.61. The molecule has 3 aliphatic rings. The van der Waals surface area contributed by atoms with Crippen LogP contribution in [-0.2, 0) is 0 Å². The molecule has 2 saturated heterocycles. The molecule has 2 aromatic heterocycles. The van der Waals surface area contributed by atoms with Gasteiger partial charge in [0.25, 0.3) is 5.91 Å². The fourth-order valence-corrected chi connectivity index (χ4v) is 5.06. The largest absolute Gasteiger partial charge is 0.331 e. The van der Waals surface area contributed by atoms with Gasteiger partial charge in [0.2, 0.25) is 0 Å². The number of H-pyrrole nitrogens is 1. The van der Waals surface area contributed by atoms with Gasteiger partial charge in [-0.05, 0) is 36.8 Å². The summed E-state index contributed by atoms with van der Waals surface area (Å²) in [5.74, 6) is 0.0923. The van der Waals surface area contributed by atoms with E-state index in [4.69, 9.17) is 0 Å². The van der Waals surface area contributed by atoms with Gasteiger partial charge in [-0.1, -0.05) is 6.07 Å². The third-order valence-corrected chi connectivity index (χ3v) is 6.65. The maximum Gasteiger partial charge on any atom is 0.274 e. The van der Waals surface area contributed by atoms with Gasteiger partial charge in [-0.3, -0.25) is 14.8 Å². The minimum absolute atomic E-state index is 0.0923. The summed E-state index contributed by atoms with van der Waals surface area (Å²) >= 11 is 1.65. The van der Waals surface area contributed by atoms with Crippen molar-refractivity contribution in [2.45, 2.75) is 30.8 Å². The average molecular weight is 314 g/mol. The first kappa shape index (κ1) is 12.8. The summed E-state index contributed by atoms with van der Waals surface area (Å²) < 4.78 is 0. The Kier molecular flexibility index (Phi) is 2.58. The second-order valence-electron chi connectivity index (χ2n) is 6.54. The lowest BCUT2D eigenvalue weighted by atomic mass is 9.61. The molecule has 6 heteroatoms. The van der Waals surface area contributed by atoms with Gasteiger partial charge in [-0.2, -0.15) is 5.10 Å². The number of aromatic amines is 1. The molecule has 2 aliphatic heterocycles. The minimum Gasteiger partial charge on any atom is -0.331 e. The van der Waals surface area contributed by atoms with Crippen molar-refractivity contribution in [2.24, 2.45) is 0 Å². The lowest BCUT2D eigenvalue weighted by Crippen LogP contribution is -2.79. The van der Waals surface area contributed by atoms with Crippen molar-refractivity contribution < 1.29 is 4.79 Å². The summed E-state index contributed by atoms with van der Waals surface area (Å²) in [6, 6.07) is 6.35. The van der Waals surface area contributed by atoms with Crippen LogP contribution in [0, 0.1) is 0 Å². The summed E-state index contributed by atoms with van der Waals surface area (Å²) in [5, 5.41) is 9.31. The van der Waals surface area contributed by atoms with E-state index in [2.05, 4.69) is 20.0 Å². The van der Waals surface area contributed by atoms with Gasteiger partial charge >= 0.3 is 0 Å². The van der Waals surface area contributed by atoms with Gasteiger partial charge in [0.1, 0.15) is 0 Å². The molecule has 3 fully saturated rings. The molecule has 5 rings (SSSR count). The number of hydrogen-bond acceptors (Lipinski definition) is 4. The number of aromatic nitrogens is 2. The summed E-state index contributed by atoms with van der Waals surface area (Å²) in [6.07, 6.45) is 3.65. The number of nitrogens with zero attached hydrogens (tertiary/aromatic N) is 3. The molecule has 2 unspecified atom stereocenters. The number of carbonyl (C=O) groups is 1. The van der Waals surface area contributed by atoms with E-state index in [1.165, 1.54) is 19.4 Å². The van der Waals surface area contributed by atoms with Crippen molar-refractivity contribution in [1.82, 2.24) is 20.0 Å². The highest BCUT2D eigenvalue weighted by atomic mass is 32.1. The maximum atomic E-state index is 12.9. The Hall–Kier alpha value is -1.66. The van der Waals surface area contributed by atoms with Crippen LogP contribution in [0.1, 0.15) is 29.8 Å². The third kappa shape index (κ3) is 1.57. The molecule has 2 atom stereocenters. The predicted molar refractivity (Wildman–Crippen MR) is 84.9 cm³/mol. The van der Waals surface area contributed by atoms with E-state index < -0.39 is 0 Å². The molecule has 5 nitrogen and oxygen atoms in total. The van der Waals surface area contributed by atoms with Gasteiger partial charge in [0, 0.05) is 25.2 Å². The first-order valence-electron chi connectivity index (χ1n) is 7.93. The highest BCUT2D eigenvalue weighted by Crippen LogP contribution is 2.51. The van der Waals surface area contributed by atoms with Crippen molar-refractivity contribution in [1.29, 1.82) is 0 Å². The van der Waals surface area contributed by atoms with Crippen LogP contribution < -0.4 is 0 Å². The Morgan fingerprint density at radius 3 is 3.00 bits per heavy atom. The van der Waals surface area contributed by atoms with Crippen LogP contribution in [0.25, 0.3) is 10.6 Å². The molecular weight excluding hydrogens is 296 g/mol. The van der Waals surface area contributed by atoms with Gasteiger partial charge in [0.05, 0.1) is 16.6 Å². The zero-order valence-corrected chi connectivity index (χ0v) is 13.1. The summed E-state index contributed by atoms with van der Waals surface area (Å²) in [5.41, 5.74) is 1.81. The molecule has 22 heavy (non-hydrogen) atoms. The Morgan fingerprint density at radius 1 is 1.36 bits per heavy atom. The normalized spacial score (nSPS) is 30.2. The monoisotopic (exact) mass is 314 g/mol. The molecule has 0 aromatic carbocycles. The second-order valence-corrected chi connectivity index (χ2v) is 7.49. The molecule has 1 spiro atoms. The molecular formula is C16H18N4OS. The van der Waals surface area contributed by atoms with Gasteiger partial charge < -0.3 is 4.90 Å². The van der Waals surface area contributed by atoms with Crippen LogP contribution >= 0.6 is 11.3 Å². The summed E-state index contributed by atoms with van der Waals surface area (Å²) in [7, 11) is 0. The van der Waals surface area contributed by atoms with Crippen molar-refractivity contribution >= 4 is 17.2 Å². The topological polar surface area (TPSA) is 52.2 Å². The molecule has 1 amide bonds. The SMILES string of the molecule is O=C(c1cc(-c2cccs2)[nH]n1)N1CCN2CCC23CCC13. The quantitative estimate of drug-likeness (QED) is 0.924. The first-order valence-corrected chi connectivity index (χ1v) is 8.81. The number of carbonyl (C=O) groups excluding carboxylic acids is 1. The van der Waals surface area contributed by atoms with E-state index in [-0.39, 0.29) is 5.91 Å². The first-order chi connectivity index (χ1) is 10.8. The summed E-state index contributed by atoms with van der Waals surface area (Å²) in [4.78, 5) is 18.6. The lowest BCUT2D eigenvalue weighted by molar-refractivity contribution is -0.161. The Bertz CT molecular complexity index is 720. The smallest absolute Gasteiger partial charge is 0.274 e. The fourth-order valence-electron chi connectivity index (χ4n) is 4.37.